The fourth-order valence-electron chi connectivity index (χ4n) is 9.96. The van der Waals surface area contributed by atoms with Gasteiger partial charge in [-0.2, -0.15) is 26.3 Å². The van der Waals surface area contributed by atoms with Gasteiger partial charge in [0.1, 0.15) is 34.5 Å². The second kappa shape index (κ2) is 39.9. The van der Waals surface area contributed by atoms with Crippen LogP contribution in [0.15, 0.2) is 231 Å². The van der Waals surface area contributed by atoms with Gasteiger partial charge in [-0.25, -0.2) is 28.8 Å². The molecule has 0 spiro atoms. The minimum atomic E-state index is -4.26. The van der Waals surface area contributed by atoms with Gasteiger partial charge in [-0.05, 0) is 216 Å². The summed E-state index contributed by atoms with van der Waals surface area (Å²) in [6, 6.07) is 56.4. The number of rotatable bonds is 33. The van der Waals surface area contributed by atoms with Crippen molar-refractivity contribution < 1.29 is 97.7 Å². The molecule has 0 aromatic heterocycles. The summed E-state index contributed by atoms with van der Waals surface area (Å²) in [5.74, 6) is -3.79. The van der Waals surface area contributed by atoms with E-state index in [-0.39, 0.29) is 68.1 Å². The lowest BCUT2D eigenvalue weighted by molar-refractivity contribution is -0.221. The molecular formula is C83H78F6N4O15. The fraction of sp³-hybridized carbons (Fsp3) is 0.205. The normalized spacial score (nSPS) is 11.5. The van der Waals surface area contributed by atoms with Gasteiger partial charge in [0.2, 0.25) is 0 Å². The van der Waals surface area contributed by atoms with Crippen LogP contribution in [-0.2, 0) is 47.9 Å². The SMILES string of the molecule is CCCCOc1ccc(C(=O)Oc2ccc(/C=C/C(=O)OC(Cc3ccc(N)cc3)(Cc3ccc(N)cc3)OC(=O)/C=C/c3ccc(OC(=O)c4ccc(OCCCC(F)(F)F)cc4)cc3)cc2)cc1.Nc1ccc(CCOC(=O)/C=C/c2ccc(OC(=O)c3ccc(OCCCC(F)(F)F)cc3)cc2)c(N)c1. The maximum absolute atomic E-state index is 13.7. The number of unbranched alkanes of at least 4 members (excludes halogenated alkanes) is 1. The van der Waals surface area contributed by atoms with Crippen LogP contribution in [0.5, 0.6) is 34.5 Å². The van der Waals surface area contributed by atoms with Gasteiger partial charge in [-0.15, -0.1) is 0 Å². The van der Waals surface area contributed by atoms with Crippen LogP contribution >= 0.6 is 0 Å². The largest absolute Gasteiger partial charge is 0.494 e. The molecule has 0 saturated heterocycles. The molecule has 0 aliphatic carbocycles. The van der Waals surface area contributed by atoms with Crippen LogP contribution in [0.3, 0.4) is 0 Å². The highest BCUT2D eigenvalue weighted by molar-refractivity contribution is 5.93. The smallest absolute Gasteiger partial charge is 0.389 e. The van der Waals surface area contributed by atoms with Crippen molar-refractivity contribution in [2.45, 2.75) is 82.9 Å². The second-order valence-electron chi connectivity index (χ2n) is 24.3. The Morgan fingerprint density at radius 1 is 0.370 bits per heavy atom. The van der Waals surface area contributed by atoms with Crippen LogP contribution in [0.2, 0.25) is 0 Å². The second-order valence-corrected chi connectivity index (χ2v) is 24.3. The van der Waals surface area contributed by atoms with Crippen LogP contribution in [-0.4, -0.2) is 80.4 Å². The molecular weight excluding hydrogens is 1410 g/mol. The van der Waals surface area contributed by atoms with Crippen molar-refractivity contribution in [2.24, 2.45) is 0 Å². The Morgan fingerprint density at radius 2 is 0.694 bits per heavy atom. The van der Waals surface area contributed by atoms with E-state index in [0.717, 1.165) is 18.4 Å². The Hall–Kier alpha value is -12.8. The van der Waals surface area contributed by atoms with Crippen molar-refractivity contribution in [2.75, 3.05) is 49.4 Å². The molecule has 0 heterocycles. The molecule has 0 saturated carbocycles. The first-order chi connectivity index (χ1) is 51.7. The minimum Gasteiger partial charge on any atom is -0.494 e. The first kappa shape index (κ1) is 80.9. The molecule has 0 radical (unpaired) electrons. The fourth-order valence-corrected chi connectivity index (χ4v) is 9.96. The van der Waals surface area contributed by atoms with Gasteiger partial charge in [0.15, 0.2) is 0 Å². The third kappa shape index (κ3) is 28.7. The van der Waals surface area contributed by atoms with E-state index in [4.69, 9.17) is 65.6 Å². The predicted octanol–water partition coefficient (Wildman–Crippen LogP) is 16.8. The first-order valence-electron chi connectivity index (χ1n) is 34.0. The third-order valence-electron chi connectivity index (χ3n) is 15.6. The number of anilines is 4. The number of hydrogen-bond donors (Lipinski definition) is 4. The van der Waals surface area contributed by atoms with Crippen molar-refractivity contribution in [3.05, 3.63) is 281 Å². The quantitative estimate of drug-likeness (QED) is 0.00565. The van der Waals surface area contributed by atoms with E-state index < -0.39 is 66.8 Å². The van der Waals surface area contributed by atoms with Crippen molar-refractivity contribution in [3.8, 4) is 34.5 Å². The van der Waals surface area contributed by atoms with E-state index in [1.54, 1.807) is 158 Å². The Morgan fingerprint density at radius 3 is 1.03 bits per heavy atom. The van der Waals surface area contributed by atoms with Gasteiger partial charge in [0, 0.05) is 60.2 Å². The molecule has 0 atom stereocenters. The van der Waals surface area contributed by atoms with Crippen molar-refractivity contribution in [1.82, 2.24) is 0 Å². The number of ether oxygens (including phenoxy) is 9. The van der Waals surface area contributed by atoms with Crippen molar-refractivity contribution in [1.29, 1.82) is 0 Å². The number of carbonyl (C=O) groups excluding carboxylic acids is 6. The Kier molecular flexibility index (Phi) is 29.9. The van der Waals surface area contributed by atoms with E-state index in [0.29, 0.717) is 92.2 Å². The lowest BCUT2D eigenvalue weighted by Crippen LogP contribution is -2.44. The molecule has 562 valence electrons. The zero-order chi connectivity index (χ0) is 77.5. The number of alkyl halides is 6. The molecule has 0 aliphatic heterocycles. The molecule has 108 heavy (non-hydrogen) atoms. The molecule has 8 N–H and O–H groups in total. The lowest BCUT2D eigenvalue weighted by atomic mass is 9.97. The summed E-state index contributed by atoms with van der Waals surface area (Å²) < 4.78 is 124. The van der Waals surface area contributed by atoms with E-state index >= 15 is 0 Å². The van der Waals surface area contributed by atoms with E-state index in [9.17, 15) is 55.1 Å². The average molecular weight is 1490 g/mol. The number of nitrogens with two attached hydrogens (primary N) is 4. The topological polar surface area (TPSA) is 290 Å². The summed E-state index contributed by atoms with van der Waals surface area (Å²) >= 11 is 0. The highest BCUT2D eigenvalue weighted by Gasteiger charge is 2.39. The average Bonchev–Trinajstić information content (AvgIpc) is 0.812. The van der Waals surface area contributed by atoms with E-state index in [1.807, 2.05) is 0 Å². The predicted molar refractivity (Wildman–Crippen MR) is 397 cm³/mol. The van der Waals surface area contributed by atoms with E-state index in [1.165, 1.54) is 91.0 Å². The van der Waals surface area contributed by atoms with Gasteiger partial charge in [-0.3, -0.25) is 0 Å². The molecule has 0 unspecified atom stereocenters. The van der Waals surface area contributed by atoms with Crippen LogP contribution in [0.1, 0.15) is 110 Å². The molecule has 9 aromatic rings. The van der Waals surface area contributed by atoms with Crippen LogP contribution in [0.4, 0.5) is 49.1 Å². The highest BCUT2D eigenvalue weighted by atomic mass is 19.4. The number of esters is 6. The summed E-state index contributed by atoms with van der Waals surface area (Å²) in [4.78, 5) is 77.4. The first-order valence-corrected chi connectivity index (χ1v) is 34.0. The number of nitrogen functional groups attached to an aromatic ring is 4. The highest BCUT2D eigenvalue weighted by Crippen LogP contribution is 2.30. The van der Waals surface area contributed by atoms with Gasteiger partial charge in [0.05, 0.1) is 56.0 Å². The van der Waals surface area contributed by atoms with Crippen molar-refractivity contribution >= 4 is 76.8 Å². The Balaban J connectivity index is 0.000000325. The molecule has 0 aliphatic rings. The number of hydrogen-bond acceptors (Lipinski definition) is 19. The summed E-state index contributed by atoms with van der Waals surface area (Å²) in [5, 5.41) is 0. The number of carbonyl (C=O) groups is 6. The molecule has 25 heteroatoms. The summed E-state index contributed by atoms with van der Waals surface area (Å²) in [6.45, 7) is 2.62. The maximum atomic E-state index is 13.7. The molecule has 0 fully saturated rings. The summed E-state index contributed by atoms with van der Waals surface area (Å²) in [6.07, 6.45) is -0.238. The molecule has 9 aromatic carbocycles. The zero-order valence-electron chi connectivity index (χ0n) is 58.6. The van der Waals surface area contributed by atoms with Crippen LogP contribution in [0.25, 0.3) is 18.2 Å². The molecule has 0 amide bonds. The maximum Gasteiger partial charge on any atom is 0.389 e. The number of halogens is 6. The van der Waals surface area contributed by atoms with Gasteiger partial charge < -0.3 is 65.6 Å². The number of benzene rings is 9. The Bertz CT molecular complexity index is 4470. The zero-order valence-corrected chi connectivity index (χ0v) is 58.6. The monoisotopic (exact) mass is 1480 g/mol. The lowest BCUT2D eigenvalue weighted by Gasteiger charge is -2.32. The molecule has 0 bridgehead atoms. The van der Waals surface area contributed by atoms with Gasteiger partial charge in [-0.1, -0.05) is 80.1 Å². The molecule has 19 nitrogen and oxygen atoms in total. The Labute approximate surface area is 619 Å². The summed E-state index contributed by atoms with van der Waals surface area (Å²) in [7, 11) is 0. The van der Waals surface area contributed by atoms with Crippen molar-refractivity contribution in [3.63, 3.8) is 0 Å². The minimum absolute atomic E-state index is 0.0662. The standard InChI is InChI=1S/C55H51F3N2O10.C28H27F3N2O5/c1-2-3-34-65-46-27-15-42(16-28-46)52(63)67-48-23-9-38(10-24-48)13-31-50(61)69-54(36-40-5-19-44(59)20-6-40,37-41-7-21-45(60)22-8-41)70-51(62)32-14-39-11-25-49(26-12-39)68-53(64)43-17-29-47(30-18-43)66-35-4-33-55(56,57)58;29-28(30,31)15-1-16-36-23-11-6-21(7-12-23)27(35)38-24-9-2-19(3-10-24)4-13-26(34)37-17-14-20-5-8-22(32)18-25(20)33/h5-32H,2-4,33-37,59-60H2,1H3;2-13,18H,1,14-17,32-33H2/b31-13+,32-14+;13-4+. The van der Waals surface area contributed by atoms with E-state index in [2.05, 4.69) is 6.92 Å². The van der Waals surface area contributed by atoms with Gasteiger partial charge >= 0.3 is 48.2 Å². The van der Waals surface area contributed by atoms with Gasteiger partial charge in [0.25, 0.3) is 5.79 Å². The molecule has 9 rings (SSSR count). The van der Waals surface area contributed by atoms with Crippen LogP contribution in [0, 0.1) is 0 Å². The third-order valence-corrected chi connectivity index (χ3v) is 15.6. The van der Waals surface area contributed by atoms with Crippen LogP contribution < -0.4 is 51.4 Å². The summed E-state index contributed by atoms with van der Waals surface area (Å²) in [5.41, 5.74) is 30.3.